The topological polar surface area (TPSA) is 21.3 Å². The summed E-state index contributed by atoms with van der Waals surface area (Å²) in [5, 5.41) is 3.50. The monoisotopic (exact) mass is 287 g/mol. The lowest BCUT2D eigenvalue weighted by molar-refractivity contribution is 0.00870. The van der Waals surface area contributed by atoms with Gasteiger partial charge >= 0.3 is 0 Å². The Hall–Kier alpha value is -0.860. The summed E-state index contributed by atoms with van der Waals surface area (Å²) in [5.74, 6) is 0. The van der Waals surface area contributed by atoms with Gasteiger partial charge in [-0.15, -0.1) is 0 Å². The second kappa shape index (κ2) is 7.42. The van der Waals surface area contributed by atoms with Crippen LogP contribution in [0.3, 0.4) is 0 Å². The highest BCUT2D eigenvalue weighted by atomic mass is 16.5. The van der Waals surface area contributed by atoms with Crippen LogP contribution in [0, 0.1) is 0 Å². The van der Waals surface area contributed by atoms with Crippen LogP contribution in [0.1, 0.15) is 55.2 Å². The van der Waals surface area contributed by atoms with E-state index in [4.69, 9.17) is 4.74 Å². The Kier molecular flexibility index (Phi) is 5.32. The van der Waals surface area contributed by atoms with Gasteiger partial charge in [-0.05, 0) is 81.5 Å². The van der Waals surface area contributed by atoms with Gasteiger partial charge in [-0.1, -0.05) is 18.2 Å². The van der Waals surface area contributed by atoms with Crippen LogP contribution in [-0.2, 0) is 24.0 Å². The average Bonchev–Trinajstić information content (AvgIpc) is 3.00. The van der Waals surface area contributed by atoms with Gasteiger partial charge in [0.25, 0.3) is 0 Å². The molecule has 1 aromatic rings. The lowest BCUT2D eigenvalue weighted by atomic mass is 9.96. The first-order chi connectivity index (χ1) is 10.3. The van der Waals surface area contributed by atoms with Crippen LogP contribution in [0.5, 0.6) is 0 Å². The summed E-state index contributed by atoms with van der Waals surface area (Å²) in [6.07, 6.45) is 11.8. The van der Waals surface area contributed by atoms with Crippen LogP contribution in [-0.4, -0.2) is 25.8 Å². The summed E-state index contributed by atoms with van der Waals surface area (Å²) in [5.41, 5.74) is 4.67. The van der Waals surface area contributed by atoms with E-state index in [1.807, 2.05) is 0 Å². The first-order valence-electron chi connectivity index (χ1n) is 8.74. The number of nitrogens with one attached hydrogen (secondary N) is 1. The molecular weight excluding hydrogens is 258 g/mol. The Balaban J connectivity index is 1.51. The van der Waals surface area contributed by atoms with Crippen molar-refractivity contribution in [3.63, 3.8) is 0 Å². The zero-order chi connectivity index (χ0) is 14.5. The molecule has 0 aromatic heterocycles. The van der Waals surface area contributed by atoms with Crippen LogP contribution in [0.15, 0.2) is 18.2 Å². The van der Waals surface area contributed by atoms with Crippen molar-refractivity contribution in [1.29, 1.82) is 0 Å². The number of aryl methyl sites for hydroxylation is 2. The van der Waals surface area contributed by atoms with E-state index >= 15 is 0 Å². The lowest BCUT2D eigenvalue weighted by Gasteiger charge is -2.25. The van der Waals surface area contributed by atoms with Gasteiger partial charge < -0.3 is 10.1 Å². The van der Waals surface area contributed by atoms with Gasteiger partial charge in [0.1, 0.15) is 0 Å². The van der Waals surface area contributed by atoms with E-state index in [-0.39, 0.29) is 0 Å². The highest BCUT2D eigenvalue weighted by Crippen LogP contribution is 2.24. The molecule has 1 aliphatic heterocycles. The lowest BCUT2D eigenvalue weighted by Crippen LogP contribution is -2.30. The summed E-state index contributed by atoms with van der Waals surface area (Å²) in [7, 11) is 2.10. The van der Waals surface area contributed by atoms with E-state index in [2.05, 4.69) is 30.6 Å². The van der Waals surface area contributed by atoms with Gasteiger partial charge in [-0.25, -0.2) is 0 Å². The zero-order valence-electron chi connectivity index (χ0n) is 13.4. The Bertz CT molecular complexity index is 451. The third kappa shape index (κ3) is 4.08. The number of fused-ring (bicyclic) bond motifs is 1. The second-order valence-corrected chi connectivity index (χ2v) is 6.71. The molecule has 2 unspecified atom stereocenters. The van der Waals surface area contributed by atoms with Crippen LogP contribution in [0.25, 0.3) is 0 Å². The number of ether oxygens (including phenoxy) is 1. The first-order valence-corrected chi connectivity index (χ1v) is 8.74. The molecule has 2 aliphatic rings. The van der Waals surface area contributed by atoms with E-state index < -0.39 is 0 Å². The summed E-state index contributed by atoms with van der Waals surface area (Å²) < 4.78 is 5.86. The quantitative estimate of drug-likeness (QED) is 0.862. The molecule has 0 saturated carbocycles. The van der Waals surface area contributed by atoms with Crippen LogP contribution in [0.4, 0.5) is 0 Å². The summed E-state index contributed by atoms with van der Waals surface area (Å²) in [6.45, 7) is 0.972. The summed E-state index contributed by atoms with van der Waals surface area (Å²) >= 11 is 0. The van der Waals surface area contributed by atoms with E-state index in [1.165, 1.54) is 56.9 Å². The standard InChI is InChI=1S/C19H29NO/c1-20-18(10-11-19-7-2-3-12-21-19)14-15-8-9-16-5-4-6-17(16)13-15/h8-9,13,18-20H,2-7,10-12,14H2,1H3. The van der Waals surface area contributed by atoms with Crippen molar-refractivity contribution < 1.29 is 4.74 Å². The normalized spacial score (nSPS) is 23.0. The van der Waals surface area contributed by atoms with Gasteiger partial charge in [-0.3, -0.25) is 0 Å². The fraction of sp³-hybridized carbons (Fsp3) is 0.684. The summed E-state index contributed by atoms with van der Waals surface area (Å²) in [6, 6.07) is 7.72. The molecule has 2 atom stereocenters. The van der Waals surface area contributed by atoms with Crippen LogP contribution >= 0.6 is 0 Å². The highest BCUT2D eigenvalue weighted by molar-refractivity contribution is 5.35. The second-order valence-electron chi connectivity index (χ2n) is 6.71. The Morgan fingerprint density at radius 1 is 1.19 bits per heavy atom. The van der Waals surface area contributed by atoms with Crippen LogP contribution < -0.4 is 5.32 Å². The molecule has 0 radical (unpaired) electrons. The van der Waals surface area contributed by atoms with Gasteiger partial charge in [-0.2, -0.15) is 0 Å². The Labute approximate surface area is 129 Å². The molecule has 1 aromatic carbocycles. The maximum atomic E-state index is 5.86. The molecule has 2 heteroatoms. The molecule has 1 saturated heterocycles. The largest absolute Gasteiger partial charge is 0.378 e. The van der Waals surface area contributed by atoms with Crippen molar-refractivity contribution in [2.24, 2.45) is 0 Å². The first kappa shape index (κ1) is 15.1. The minimum Gasteiger partial charge on any atom is -0.378 e. The van der Waals surface area contributed by atoms with Gasteiger partial charge in [0.15, 0.2) is 0 Å². The van der Waals surface area contributed by atoms with E-state index in [9.17, 15) is 0 Å². The van der Waals surface area contributed by atoms with Crippen molar-refractivity contribution in [1.82, 2.24) is 5.32 Å². The number of likely N-dealkylation sites (N-methyl/N-ethyl adjacent to an activating group) is 1. The van der Waals surface area contributed by atoms with Crippen molar-refractivity contribution in [3.8, 4) is 0 Å². The van der Waals surface area contributed by atoms with Gasteiger partial charge in [0.2, 0.25) is 0 Å². The zero-order valence-corrected chi connectivity index (χ0v) is 13.4. The number of hydrogen-bond acceptors (Lipinski definition) is 2. The Morgan fingerprint density at radius 2 is 2.10 bits per heavy atom. The molecule has 0 spiro atoms. The third-order valence-electron chi connectivity index (χ3n) is 5.16. The SMILES string of the molecule is CNC(CCC1CCCCO1)Cc1ccc2c(c1)CCC2. The molecule has 0 amide bonds. The molecule has 1 aliphatic carbocycles. The number of rotatable bonds is 6. The minimum atomic E-state index is 0.509. The minimum absolute atomic E-state index is 0.509. The molecule has 1 N–H and O–H groups in total. The van der Waals surface area contributed by atoms with Crippen molar-refractivity contribution in [2.75, 3.05) is 13.7 Å². The van der Waals surface area contributed by atoms with Crippen molar-refractivity contribution in [3.05, 3.63) is 34.9 Å². The predicted octanol–water partition coefficient (Wildman–Crippen LogP) is 3.66. The number of hydrogen-bond donors (Lipinski definition) is 1. The molecule has 1 heterocycles. The Morgan fingerprint density at radius 3 is 2.90 bits per heavy atom. The van der Waals surface area contributed by atoms with Gasteiger partial charge in [0, 0.05) is 12.6 Å². The van der Waals surface area contributed by atoms with Crippen LogP contribution in [0.2, 0.25) is 0 Å². The molecule has 2 nitrogen and oxygen atoms in total. The van der Waals surface area contributed by atoms with E-state index in [1.54, 1.807) is 11.1 Å². The fourth-order valence-electron chi connectivity index (χ4n) is 3.81. The molecule has 3 rings (SSSR count). The highest BCUT2D eigenvalue weighted by Gasteiger charge is 2.17. The maximum absolute atomic E-state index is 5.86. The molecule has 21 heavy (non-hydrogen) atoms. The van der Waals surface area contributed by atoms with E-state index in [0.717, 1.165) is 13.0 Å². The third-order valence-corrected chi connectivity index (χ3v) is 5.16. The average molecular weight is 287 g/mol. The van der Waals surface area contributed by atoms with E-state index in [0.29, 0.717) is 12.1 Å². The predicted molar refractivity (Wildman–Crippen MR) is 87.8 cm³/mol. The fourth-order valence-corrected chi connectivity index (χ4v) is 3.81. The summed E-state index contributed by atoms with van der Waals surface area (Å²) in [4.78, 5) is 0. The molecule has 1 fully saturated rings. The number of benzene rings is 1. The molecular formula is C19H29NO. The van der Waals surface area contributed by atoms with Gasteiger partial charge in [0.05, 0.1) is 6.10 Å². The molecule has 116 valence electrons. The molecule has 0 bridgehead atoms. The smallest absolute Gasteiger partial charge is 0.0575 e. The van der Waals surface area contributed by atoms with Crippen molar-refractivity contribution >= 4 is 0 Å². The van der Waals surface area contributed by atoms with Crippen molar-refractivity contribution in [2.45, 2.75) is 69.9 Å². The maximum Gasteiger partial charge on any atom is 0.0575 e.